The van der Waals surface area contributed by atoms with Crippen LogP contribution in [-0.4, -0.2) is 23.6 Å². The summed E-state index contributed by atoms with van der Waals surface area (Å²) in [6, 6.07) is 7.58. The first-order valence-electron chi connectivity index (χ1n) is 8.32. The number of aryl methyl sites for hydroxylation is 1. The van der Waals surface area contributed by atoms with Crippen LogP contribution in [0.25, 0.3) is 0 Å². The van der Waals surface area contributed by atoms with Gasteiger partial charge in [-0.15, -0.1) is 0 Å². The van der Waals surface area contributed by atoms with Crippen LogP contribution in [0.15, 0.2) is 28.8 Å². The Morgan fingerprint density at radius 3 is 2.32 bits per heavy atom. The average Bonchev–Trinajstić information content (AvgIpc) is 2.95. The molecule has 0 bridgehead atoms. The van der Waals surface area contributed by atoms with Gasteiger partial charge in [0.2, 0.25) is 0 Å². The van der Waals surface area contributed by atoms with Crippen LogP contribution >= 0.6 is 0 Å². The van der Waals surface area contributed by atoms with Gasteiger partial charge in [-0.25, -0.2) is 4.79 Å². The molecule has 0 unspecified atom stereocenters. The number of hydrogen-bond donors (Lipinski definition) is 1. The van der Waals surface area contributed by atoms with E-state index in [1.807, 2.05) is 38.1 Å². The van der Waals surface area contributed by atoms with Crippen molar-refractivity contribution in [1.82, 2.24) is 5.16 Å². The standard InChI is InChI=1S/C19H24N2O4/c1-11(2)14-6-8-15(9-7-14)20-16(22)10-24-19(23)17-13(5)21-25-18(17)12(3)4/h6-9,11-12H,10H2,1-5H3,(H,20,22). The monoisotopic (exact) mass is 344 g/mol. The highest BCUT2D eigenvalue weighted by Crippen LogP contribution is 2.23. The summed E-state index contributed by atoms with van der Waals surface area (Å²) in [6.07, 6.45) is 0. The van der Waals surface area contributed by atoms with Crippen LogP contribution < -0.4 is 5.32 Å². The van der Waals surface area contributed by atoms with Crippen LogP contribution in [0.2, 0.25) is 0 Å². The Kier molecular flexibility index (Phi) is 5.96. The molecule has 0 atom stereocenters. The van der Waals surface area contributed by atoms with Crippen molar-refractivity contribution in [3.8, 4) is 0 Å². The molecule has 1 N–H and O–H groups in total. The number of nitrogens with one attached hydrogen (secondary N) is 1. The molecule has 0 aliphatic carbocycles. The molecule has 0 aliphatic heterocycles. The fourth-order valence-corrected chi connectivity index (χ4v) is 2.38. The number of anilines is 1. The molecule has 1 aromatic carbocycles. The van der Waals surface area contributed by atoms with Crippen LogP contribution in [0.3, 0.4) is 0 Å². The van der Waals surface area contributed by atoms with Crippen molar-refractivity contribution in [3.63, 3.8) is 0 Å². The van der Waals surface area contributed by atoms with Gasteiger partial charge in [0.15, 0.2) is 12.4 Å². The van der Waals surface area contributed by atoms with Crippen molar-refractivity contribution >= 4 is 17.6 Å². The second kappa shape index (κ2) is 7.96. The molecular formula is C19H24N2O4. The van der Waals surface area contributed by atoms with Gasteiger partial charge in [0.05, 0.1) is 5.69 Å². The third kappa shape index (κ3) is 4.68. The van der Waals surface area contributed by atoms with Crippen LogP contribution in [0.4, 0.5) is 5.69 Å². The maximum absolute atomic E-state index is 12.2. The molecule has 134 valence electrons. The number of carbonyl (C=O) groups is 2. The van der Waals surface area contributed by atoms with Crippen LogP contribution in [0.1, 0.15) is 66.9 Å². The number of amides is 1. The largest absolute Gasteiger partial charge is 0.452 e. The maximum Gasteiger partial charge on any atom is 0.344 e. The lowest BCUT2D eigenvalue weighted by Crippen LogP contribution is -2.21. The Labute approximate surface area is 147 Å². The predicted molar refractivity (Wildman–Crippen MR) is 94.8 cm³/mol. The molecule has 6 nitrogen and oxygen atoms in total. The highest BCUT2D eigenvalue weighted by molar-refractivity contribution is 5.96. The van der Waals surface area contributed by atoms with E-state index >= 15 is 0 Å². The van der Waals surface area contributed by atoms with E-state index in [1.165, 1.54) is 5.56 Å². The number of benzene rings is 1. The van der Waals surface area contributed by atoms with Gasteiger partial charge in [-0.2, -0.15) is 0 Å². The smallest absolute Gasteiger partial charge is 0.344 e. The molecule has 25 heavy (non-hydrogen) atoms. The lowest BCUT2D eigenvalue weighted by atomic mass is 10.0. The van der Waals surface area contributed by atoms with Crippen LogP contribution in [0.5, 0.6) is 0 Å². The molecule has 0 saturated heterocycles. The topological polar surface area (TPSA) is 81.4 Å². The highest BCUT2D eigenvalue weighted by Gasteiger charge is 2.24. The summed E-state index contributed by atoms with van der Waals surface area (Å²) in [5.41, 5.74) is 2.60. The number of rotatable bonds is 6. The second-order valence-electron chi connectivity index (χ2n) is 6.56. The van der Waals surface area contributed by atoms with E-state index in [0.29, 0.717) is 28.6 Å². The summed E-state index contributed by atoms with van der Waals surface area (Å²) in [6.45, 7) is 9.29. The normalized spacial score (nSPS) is 11.0. The van der Waals surface area contributed by atoms with E-state index in [1.54, 1.807) is 6.92 Å². The molecule has 0 spiro atoms. The van der Waals surface area contributed by atoms with E-state index in [-0.39, 0.29) is 12.5 Å². The minimum Gasteiger partial charge on any atom is -0.452 e. The van der Waals surface area contributed by atoms with E-state index in [0.717, 1.165) is 0 Å². The highest BCUT2D eigenvalue weighted by atomic mass is 16.5. The predicted octanol–water partition coefficient (Wildman–Crippen LogP) is 4.03. The quantitative estimate of drug-likeness (QED) is 0.800. The van der Waals surface area contributed by atoms with Crippen molar-refractivity contribution in [2.24, 2.45) is 0 Å². The van der Waals surface area contributed by atoms with Gasteiger partial charge in [-0.3, -0.25) is 4.79 Å². The SMILES string of the molecule is Cc1noc(C(C)C)c1C(=O)OCC(=O)Nc1ccc(C(C)C)cc1. The van der Waals surface area contributed by atoms with Crippen molar-refractivity contribution in [1.29, 1.82) is 0 Å². The van der Waals surface area contributed by atoms with Gasteiger partial charge in [0.25, 0.3) is 5.91 Å². The third-order valence-electron chi connectivity index (χ3n) is 3.81. The zero-order valence-corrected chi connectivity index (χ0v) is 15.3. The van der Waals surface area contributed by atoms with E-state index in [4.69, 9.17) is 9.26 Å². The minimum atomic E-state index is -0.604. The van der Waals surface area contributed by atoms with E-state index < -0.39 is 11.9 Å². The first kappa shape index (κ1) is 18.7. The first-order chi connectivity index (χ1) is 11.8. The summed E-state index contributed by atoms with van der Waals surface area (Å²) >= 11 is 0. The Morgan fingerprint density at radius 1 is 1.12 bits per heavy atom. The third-order valence-corrected chi connectivity index (χ3v) is 3.81. The molecule has 2 rings (SSSR count). The van der Waals surface area contributed by atoms with E-state index in [9.17, 15) is 9.59 Å². The van der Waals surface area contributed by atoms with Gasteiger partial charge >= 0.3 is 5.97 Å². The van der Waals surface area contributed by atoms with Crippen molar-refractivity contribution in [3.05, 3.63) is 46.8 Å². The molecule has 1 heterocycles. The summed E-state index contributed by atoms with van der Waals surface area (Å²) < 4.78 is 10.3. The fourth-order valence-electron chi connectivity index (χ4n) is 2.38. The van der Waals surface area contributed by atoms with Crippen molar-refractivity contribution in [2.75, 3.05) is 11.9 Å². The Hall–Kier alpha value is -2.63. The van der Waals surface area contributed by atoms with Gasteiger partial charge in [0.1, 0.15) is 5.56 Å². The van der Waals surface area contributed by atoms with E-state index in [2.05, 4.69) is 24.3 Å². The van der Waals surface area contributed by atoms with Gasteiger partial charge in [-0.05, 0) is 30.5 Å². The summed E-state index contributed by atoms with van der Waals surface area (Å²) in [7, 11) is 0. The van der Waals surface area contributed by atoms with Crippen LogP contribution in [-0.2, 0) is 9.53 Å². The molecular weight excluding hydrogens is 320 g/mol. The lowest BCUT2D eigenvalue weighted by molar-refractivity contribution is -0.119. The van der Waals surface area contributed by atoms with Gasteiger partial charge in [-0.1, -0.05) is 45.0 Å². The molecule has 1 aromatic heterocycles. The molecule has 2 aromatic rings. The molecule has 1 amide bonds. The van der Waals surface area contributed by atoms with Crippen LogP contribution in [0, 0.1) is 6.92 Å². The number of hydrogen-bond acceptors (Lipinski definition) is 5. The summed E-state index contributed by atoms with van der Waals surface area (Å²) in [5, 5.41) is 6.51. The minimum absolute atomic E-state index is 0.00273. The molecule has 0 saturated carbocycles. The first-order valence-corrected chi connectivity index (χ1v) is 8.32. The maximum atomic E-state index is 12.2. The van der Waals surface area contributed by atoms with Gasteiger partial charge in [0, 0.05) is 11.6 Å². The molecule has 0 fully saturated rings. The van der Waals surface area contributed by atoms with Gasteiger partial charge < -0.3 is 14.6 Å². The summed E-state index contributed by atoms with van der Waals surface area (Å²) in [5.74, 6) is -0.115. The number of esters is 1. The number of carbonyl (C=O) groups excluding carboxylic acids is 2. The number of aromatic nitrogens is 1. The zero-order valence-electron chi connectivity index (χ0n) is 15.3. The summed E-state index contributed by atoms with van der Waals surface area (Å²) in [4.78, 5) is 24.2. The Morgan fingerprint density at radius 2 is 1.76 bits per heavy atom. The second-order valence-corrected chi connectivity index (χ2v) is 6.56. The molecule has 0 aliphatic rings. The number of nitrogens with zero attached hydrogens (tertiary/aromatic N) is 1. The Balaban J connectivity index is 1.94. The Bertz CT molecular complexity index is 745. The average molecular weight is 344 g/mol. The van der Waals surface area contributed by atoms with Crippen molar-refractivity contribution < 1.29 is 18.8 Å². The molecule has 6 heteroatoms. The van der Waals surface area contributed by atoms with Crippen molar-refractivity contribution in [2.45, 2.75) is 46.5 Å². The number of ether oxygens (including phenoxy) is 1. The lowest BCUT2D eigenvalue weighted by Gasteiger charge is -2.09. The zero-order chi connectivity index (χ0) is 18.6. The molecule has 0 radical (unpaired) electrons. The fraction of sp³-hybridized carbons (Fsp3) is 0.421.